The third-order valence-electron chi connectivity index (χ3n) is 3.91. The first-order valence-corrected chi connectivity index (χ1v) is 8.80. The highest BCUT2D eigenvalue weighted by molar-refractivity contribution is 8.00. The Balaban J connectivity index is 1.64. The maximum atomic E-state index is 12.3. The Bertz CT molecular complexity index is 1140. The van der Waals surface area contributed by atoms with E-state index in [1.807, 2.05) is 4.31 Å². The zero-order valence-electron chi connectivity index (χ0n) is 14.0. The van der Waals surface area contributed by atoms with E-state index in [0.717, 1.165) is 0 Å². The summed E-state index contributed by atoms with van der Waals surface area (Å²) in [6.07, 6.45) is -4.75. The fourth-order valence-corrected chi connectivity index (χ4v) is 3.72. The summed E-state index contributed by atoms with van der Waals surface area (Å²) in [4.78, 5) is 28.7. The Morgan fingerprint density at radius 1 is 1.04 bits per heavy atom. The molecule has 0 aliphatic carbocycles. The van der Waals surface area contributed by atoms with E-state index in [2.05, 4.69) is 14.7 Å². The van der Waals surface area contributed by atoms with E-state index >= 15 is 0 Å². The van der Waals surface area contributed by atoms with Crippen LogP contribution in [0.25, 0.3) is 11.0 Å². The van der Waals surface area contributed by atoms with Crippen LogP contribution in [0.4, 0.5) is 18.9 Å². The average molecular weight is 411 g/mol. The van der Waals surface area contributed by atoms with Gasteiger partial charge in [-0.05, 0) is 42.3 Å². The van der Waals surface area contributed by atoms with Gasteiger partial charge in [0.15, 0.2) is 0 Å². The molecule has 3 aromatic rings. The maximum absolute atomic E-state index is 12.3. The van der Waals surface area contributed by atoms with Crippen molar-refractivity contribution >= 4 is 28.7 Å². The second-order valence-electron chi connectivity index (χ2n) is 5.84. The van der Waals surface area contributed by atoms with E-state index in [1.165, 1.54) is 36.2 Å². The largest absolute Gasteiger partial charge is 0.573 e. The first-order valence-electron chi connectivity index (χ1n) is 8.03. The third kappa shape index (κ3) is 3.79. The van der Waals surface area contributed by atoms with Gasteiger partial charge in [0.25, 0.3) is 0 Å². The number of hydrogen-bond donors (Lipinski definition) is 2. The topological polar surface area (TPSA) is 87.4 Å². The van der Waals surface area contributed by atoms with Crippen molar-refractivity contribution in [2.24, 2.45) is 0 Å². The SMILES string of the molecule is O=c1[nH]c2cc3c(cc2[nH]c1=O)SN(c1ccc(OC(F)(F)F)cc1)CCO3. The molecule has 0 spiro atoms. The van der Waals surface area contributed by atoms with Gasteiger partial charge in [-0.1, -0.05) is 0 Å². The summed E-state index contributed by atoms with van der Waals surface area (Å²) < 4.78 is 48.3. The summed E-state index contributed by atoms with van der Waals surface area (Å²) in [7, 11) is 0. The van der Waals surface area contributed by atoms with Gasteiger partial charge in [0.2, 0.25) is 0 Å². The standard InChI is InChI=1S/C17H12F3N3O4S/c18-17(19,20)27-10-3-1-9(2-4-10)23-5-6-26-13-7-11-12(8-14(13)28-23)22-16(25)15(24)21-11/h1-4,7-8H,5-6H2,(H,21,24)(H,22,25). The summed E-state index contributed by atoms with van der Waals surface area (Å²) in [5.41, 5.74) is 0.0212. The van der Waals surface area contributed by atoms with Gasteiger partial charge in [0.1, 0.15) is 18.1 Å². The summed E-state index contributed by atoms with van der Waals surface area (Å²) in [5.74, 6) is 0.222. The number of fused-ring (bicyclic) bond motifs is 2. The van der Waals surface area contributed by atoms with E-state index in [9.17, 15) is 22.8 Å². The Labute approximate surface area is 159 Å². The lowest BCUT2D eigenvalue weighted by atomic mass is 10.3. The molecule has 2 N–H and O–H groups in total. The maximum Gasteiger partial charge on any atom is 0.573 e. The molecule has 0 bridgehead atoms. The van der Waals surface area contributed by atoms with Crippen molar-refractivity contribution in [1.29, 1.82) is 0 Å². The lowest BCUT2D eigenvalue weighted by Gasteiger charge is -2.20. The Morgan fingerprint density at radius 2 is 1.68 bits per heavy atom. The number of hydrogen-bond acceptors (Lipinski definition) is 6. The molecule has 7 nitrogen and oxygen atoms in total. The Morgan fingerprint density at radius 3 is 2.32 bits per heavy atom. The van der Waals surface area contributed by atoms with Crippen LogP contribution >= 0.6 is 11.9 Å². The molecule has 0 fully saturated rings. The zero-order chi connectivity index (χ0) is 19.9. The van der Waals surface area contributed by atoms with Gasteiger partial charge in [0, 0.05) is 11.8 Å². The molecule has 2 aromatic carbocycles. The van der Waals surface area contributed by atoms with Crippen molar-refractivity contribution in [3.63, 3.8) is 0 Å². The van der Waals surface area contributed by atoms with Crippen LogP contribution in [0.3, 0.4) is 0 Å². The molecule has 4 rings (SSSR count). The summed E-state index contributed by atoms with van der Waals surface area (Å²) in [6, 6.07) is 8.79. The van der Waals surface area contributed by atoms with E-state index in [4.69, 9.17) is 4.74 Å². The number of nitrogens with one attached hydrogen (secondary N) is 2. The molecule has 28 heavy (non-hydrogen) atoms. The number of aromatic nitrogens is 2. The van der Waals surface area contributed by atoms with Gasteiger partial charge in [-0.3, -0.25) is 9.59 Å². The monoisotopic (exact) mass is 411 g/mol. The van der Waals surface area contributed by atoms with Gasteiger partial charge in [-0.15, -0.1) is 13.2 Å². The number of rotatable bonds is 2. The van der Waals surface area contributed by atoms with Crippen LogP contribution in [0.2, 0.25) is 0 Å². The van der Waals surface area contributed by atoms with E-state index < -0.39 is 17.5 Å². The normalized spacial score (nSPS) is 14.3. The molecule has 0 saturated carbocycles. The number of alkyl halides is 3. The molecule has 146 valence electrons. The van der Waals surface area contributed by atoms with Crippen molar-refractivity contribution in [3.8, 4) is 11.5 Å². The van der Waals surface area contributed by atoms with Gasteiger partial charge < -0.3 is 23.7 Å². The molecular formula is C17H12F3N3O4S. The highest BCUT2D eigenvalue weighted by atomic mass is 32.2. The summed E-state index contributed by atoms with van der Waals surface area (Å²) >= 11 is 1.31. The number of aromatic amines is 2. The first kappa shape index (κ1) is 18.3. The smallest absolute Gasteiger partial charge is 0.490 e. The minimum absolute atomic E-state index is 0.305. The molecule has 2 heterocycles. The van der Waals surface area contributed by atoms with Gasteiger partial charge in [0.05, 0.1) is 22.5 Å². The predicted molar refractivity (Wildman–Crippen MR) is 97.0 cm³/mol. The molecule has 0 unspecified atom stereocenters. The molecule has 0 amide bonds. The Kier molecular flexibility index (Phi) is 4.46. The number of ether oxygens (including phenoxy) is 2. The predicted octanol–water partition coefficient (Wildman–Crippen LogP) is 3.02. The summed E-state index contributed by atoms with van der Waals surface area (Å²) in [5, 5.41) is 0. The van der Waals surface area contributed by atoms with Gasteiger partial charge in [-0.2, -0.15) is 0 Å². The quantitative estimate of drug-likeness (QED) is 0.498. The number of halogens is 3. The van der Waals surface area contributed by atoms with E-state index in [1.54, 1.807) is 12.1 Å². The number of nitrogens with zero attached hydrogens (tertiary/aromatic N) is 1. The van der Waals surface area contributed by atoms with Crippen molar-refractivity contribution in [2.75, 3.05) is 17.5 Å². The summed E-state index contributed by atoms with van der Waals surface area (Å²) in [6.45, 7) is 0.780. The van der Waals surface area contributed by atoms with Crippen molar-refractivity contribution in [3.05, 3.63) is 57.1 Å². The average Bonchev–Trinajstić information content (AvgIpc) is 2.82. The number of anilines is 1. The van der Waals surface area contributed by atoms with E-state index in [0.29, 0.717) is 40.5 Å². The van der Waals surface area contributed by atoms with Crippen molar-refractivity contribution in [2.45, 2.75) is 11.3 Å². The minimum atomic E-state index is -4.75. The molecule has 1 aromatic heterocycles. The molecule has 0 atom stereocenters. The fourth-order valence-electron chi connectivity index (χ4n) is 2.71. The zero-order valence-corrected chi connectivity index (χ0v) is 14.8. The molecule has 1 aliphatic heterocycles. The second kappa shape index (κ2) is 6.82. The Hall–Kier alpha value is -3.08. The lowest BCUT2D eigenvalue weighted by molar-refractivity contribution is -0.274. The molecule has 1 aliphatic rings. The molecule has 0 radical (unpaired) electrons. The van der Waals surface area contributed by atoms with E-state index in [-0.39, 0.29) is 5.75 Å². The third-order valence-corrected chi connectivity index (χ3v) is 5.03. The van der Waals surface area contributed by atoms with Crippen LogP contribution in [0.5, 0.6) is 11.5 Å². The van der Waals surface area contributed by atoms with Crippen LogP contribution < -0.4 is 24.9 Å². The first-order chi connectivity index (χ1) is 13.3. The van der Waals surface area contributed by atoms with Gasteiger partial charge >= 0.3 is 17.5 Å². The van der Waals surface area contributed by atoms with Gasteiger partial charge in [-0.25, -0.2) is 0 Å². The van der Waals surface area contributed by atoms with Crippen LogP contribution in [-0.2, 0) is 0 Å². The van der Waals surface area contributed by atoms with Crippen LogP contribution in [0, 0.1) is 0 Å². The molecular weight excluding hydrogens is 399 g/mol. The highest BCUT2D eigenvalue weighted by Crippen LogP contribution is 2.39. The second-order valence-corrected chi connectivity index (χ2v) is 6.90. The van der Waals surface area contributed by atoms with Crippen LogP contribution in [-0.4, -0.2) is 29.5 Å². The number of H-pyrrole nitrogens is 2. The minimum Gasteiger partial charge on any atom is -0.490 e. The number of benzene rings is 2. The molecule has 0 saturated heterocycles. The van der Waals surface area contributed by atoms with Crippen LogP contribution in [0.1, 0.15) is 0 Å². The van der Waals surface area contributed by atoms with Crippen molar-refractivity contribution < 1.29 is 22.6 Å². The fraction of sp³-hybridized carbons (Fsp3) is 0.176. The lowest BCUT2D eigenvalue weighted by Crippen LogP contribution is -2.28. The molecule has 11 heteroatoms. The van der Waals surface area contributed by atoms with Crippen molar-refractivity contribution in [1.82, 2.24) is 9.97 Å². The highest BCUT2D eigenvalue weighted by Gasteiger charge is 2.31. The van der Waals surface area contributed by atoms with Crippen LogP contribution in [0.15, 0.2) is 50.9 Å².